The van der Waals surface area contributed by atoms with Gasteiger partial charge in [0.25, 0.3) is 0 Å². The maximum atomic E-state index is 12.1. The van der Waals surface area contributed by atoms with E-state index in [0.717, 1.165) is 0 Å². The summed E-state index contributed by atoms with van der Waals surface area (Å²) < 4.78 is 58.4. The van der Waals surface area contributed by atoms with E-state index in [-0.39, 0.29) is 18.6 Å². The SMILES string of the molecule is NC1(CC(F)(F)F)CCCS(=O)(=O)C1. The van der Waals surface area contributed by atoms with Gasteiger partial charge in [-0.3, -0.25) is 0 Å². The number of alkyl halides is 3. The highest BCUT2D eigenvalue weighted by Gasteiger charge is 2.44. The van der Waals surface area contributed by atoms with E-state index in [1.165, 1.54) is 0 Å². The smallest absolute Gasteiger partial charge is 0.324 e. The zero-order valence-corrected chi connectivity index (χ0v) is 8.29. The van der Waals surface area contributed by atoms with E-state index < -0.39 is 33.7 Å². The fraction of sp³-hybridized carbons (Fsp3) is 1.00. The first-order chi connectivity index (χ1) is 6.12. The molecule has 0 bridgehead atoms. The van der Waals surface area contributed by atoms with Crippen molar-refractivity contribution in [1.82, 2.24) is 0 Å². The molecule has 0 aromatic heterocycles. The maximum Gasteiger partial charge on any atom is 0.390 e. The van der Waals surface area contributed by atoms with Crippen LogP contribution in [0.3, 0.4) is 0 Å². The minimum atomic E-state index is -4.40. The number of hydrogen-bond acceptors (Lipinski definition) is 3. The van der Waals surface area contributed by atoms with Crippen molar-refractivity contribution >= 4 is 9.84 Å². The molecule has 1 saturated heterocycles. The minimum absolute atomic E-state index is 0.0518. The predicted octanol–water partition coefficient (Wildman–Crippen LogP) is 0.845. The second-order valence-electron chi connectivity index (χ2n) is 3.85. The Labute approximate surface area is 80.4 Å². The van der Waals surface area contributed by atoms with Crippen LogP contribution >= 0.6 is 0 Å². The Morgan fingerprint density at radius 3 is 2.36 bits per heavy atom. The molecule has 0 saturated carbocycles. The van der Waals surface area contributed by atoms with Crippen LogP contribution in [-0.4, -0.2) is 31.6 Å². The van der Waals surface area contributed by atoms with Crippen LogP contribution in [0.15, 0.2) is 0 Å². The van der Waals surface area contributed by atoms with Gasteiger partial charge in [0.2, 0.25) is 0 Å². The molecule has 0 aromatic carbocycles. The van der Waals surface area contributed by atoms with Crippen LogP contribution in [0.2, 0.25) is 0 Å². The zero-order chi connectivity index (χ0) is 11.0. The van der Waals surface area contributed by atoms with Crippen LogP contribution in [-0.2, 0) is 9.84 Å². The Kier molecular flexibility index (Phi) is 2.84. The molecule has 84 valence electrons. The van der Waals surface area contributed by atoms with Gasteiger partial charge in [-0.1, -0.05) is 0 Å². The quantitative estimate of drug-likeness (QED) is 0.727. The molecule has 1 heterocycles. The molecule has 3 nitrogen and oxygen atoms in total. The molecule has 7 heteroatoms. The normalized spacial score (nSPS) is 32.9. The summed E-state index contributed by atoms with van der Waals surface area (Å²) in [6, 6.07) is 0. The lowest BCUT2D eigenvalue weighted by Gasteiger charge is -2.33. The Bertz CT molecular complexity index is 311. The lowest BCUT2D eigenvalue weighted by Crippen LogP contribution is -2.52. The fourth-order valence-electron chi connectivity index (χ4n) is 1.77. The third-order valence-corrected chi connectivity index (χ3v) is 4.12. The molecule has 1 aliphatic heterocycles. The van der Waals surface area contributed by atoms with Crippen molar-refractivity contribution in [2.45, 2.75) is 31.0 Å². The van der Waals surface area contributed by atoms with E-state index in [4.69, 9.17) is 5.73 Å². The summed E-state index contributed by atoms with van der Waals surface area (Å²) in [7, 11) is -3.39. The van der Waals surface area contributed by atoms with Crippen LogP contribution in [0, 0.1) is 0 Å². The zero-order valence-electron chi connectivity index (χ0n) is 7.47. The number of hydrogen-bond donors (Lipinski definition) is 1. The predicted molar refractivity (Wildman–Crippen MR) is 45.5 cm³/mol. The Balaban J connectivity index is 2.75. The third kappa shape index (κ3) is 3.45. The van der Waals surface area contributed by atoms with E-state index in [0.29, 0.717) is 0 Å². The van der Waals surface area contributed by atoms with Crippen molar-refractivity contribution in [1.29, 1.82) is 0 Å². The fourth-order valence-corrected chi connectivity index (χ4v) is 3.62. The van der Waals surface area contributed by atoms with Crippen molar-refractivity contribution in [3.8, 4) is 0 Å². The van der Waals surface area contributed by atoms with Crippen molar-refractivity contribution in [3.05, 3.63) is 0 Å². The van der Waals surface area contributed by atoms with Crippen LogP contribution < -0.4 is 5.73 Å². The van der Waals surface area contributed by atoms with E-state index >= 15 is 0 Å². The minimum Gasteiger partial charge on any atom is -0.324 e. The van der Waals surface area contributed by atoms with E-state index in [1.54, 1.807) is 0 Å². The summed E-state index contributed by atoms with van der Waals surface area (Å²) in [5.41, 5.74) is 3.81. The Morgan fingerprint density at radius 1 is 1.36 bits per heavy atom. The van der Waals surface area contributed by atoms with Gasteiger partial charge in [0.15, 0.2) is 9.84 Å². The van der Waals surface area contributed by atoms with Crippen molar-refractivity contribution in [2.75, 3.05) is 11.5 Å². The molecule has 0 aromatic rings. The number of sulfone groups is 1. The summed E-state index contributed by atoms with van der Waals surface area (Å²) >= 11 is 0. The van der Waals surface area contributed by atoms with Gasteiger partial charge in [0.1, 0.15) is 0 Å². The molecule has 14 heavy (non-hydrogen) atoms. The van der Waals surface area contributed by atoms with Crippen molar-refractivity contribution in [3.63, 3.8) is 0 Å². The number of nitrogens with two attached hydrogens (primary N) is 1. The standard InChI is InChI=1S/C7H12F3NO2S/c8-7(9,10)4-6(11)2-1-3-14(12,13)5-6/h1-5,11H2. The van der Waals surface area contributed by atoms with Crippen LogP contribution in [0.1, 0.15) is 19.3 Å². The van der Waals surface area contributed by atoms with Crippen molar-refractivity contribution in [2.24, 2.45) is 5.73 Å². The summed E-state index contributed by atoms with van der Waals surface area (Å²) in [6.45, 7) is 0. The van der Waals surface area contributed by atoms with Gasteiger partial charge in [-0.05, 0) is 12.8 Å². The highest BCUT2D eigenvalue weighted by molar-refractivity contribution is 7.91. The Hall–Kier alpha value is -0.300. The topological polar surface area (TPSA) is 60.2 Å². The molecule has 1 fully saturated rings. The molecule has 1 aliphatic rings. The molecule has 1 unspecified atom stereocenters. The van der Waals surface area contributed by atoms with Crippen LogP contribution in [0.4, 0.5) is 13.2 Å². The number of halogens is 3. The highest BCUT2D eigenvalue weighted by atomic mass is 32.2. The van der Waals surface area contributed by atoms with Gasteiger partial charge in [-0.15, -0.1) is 0 Å². The highest BCUT2D eigenvalue weighted by Crippen LogP contribution is 2.32. The van der Waals surface area contributed by atoms with Gasteiger partial charge in [-0.2, -0.15) is 13.2 Å². The summed E-state index contributed by atoms with van der Waals surface area (Å²) in [6.07, 6.45) is -5.29. The van der Waals surface area contributed by atoms with E-state index in [1.807, 2.05) is 0 Å². The van der Waals surface area contributed by atoms with Crippen molar-refractivity contribution < 1.29 is 21.6 Å². The van der Waals surface area contributed by atoms with Crippen LogP contribution in [0.5, 0.6) is 0 Å². The number of rotatable bonds is 1. The molecule has 0 aliphatic carbocycles. The second kappa shape index (κ2) is 3.37. The molecular weight excluding hydrogens is 219 g/mol. The van der Waals surface area contributed by atoms with Gasteiger partial charge in [0, 0.05) is 5.54 Å². The molecule has 1 atom stereocenters. The van der Waals surface area contributed by atoms with Gasteiger partial charge in [-0.25, -0.2) is 8.42 Å². The van der Waals surface area contributed by atoms with E-state index in [2.05, 4.69) is 0 Å². The molecule has 0 radical (unpaired) electrons. The first kappa shape index (κ1) is 11.8. The van der Waals surface area contributed by atoms with Gasteiger partial charge < -0.3 is 5.73 Å². The third-order valence-electron chi connectivity index (χ3n) is 2.19. The van der Waals surface area contributed by atoms with Crippen LogP contribution in [0.25, 0.3) is 0 Å². The average Bonchev–Trinajstić information content (AvgIpc) is 1.75. The Morgan fingerprint density at radius 2 is 1.93 bits per heavy atom. The second-order valence-corrected chi connectivity index (χ2v) is 6.03. The average molecular weight is 231 g/mol. The lowest BCUT2D eigenvalue weighted by atomic mass is 9.92. The summed E-state index contributed by atoms with van der Waals surface area (Å²) in [5, 5.41) is 0. The first-order valence-electron chi connectivity index (χ1n) is 4.18. The lowest BCUT2D eigenvalue weighted by molar-refractivity contribution is -0.146. The van der Waals surface area contributed by atoms with E-state index in [9.17, 15) is 21.6 Å². The molecule has 0 spiro atoms. The molecule has 0 amide bonds. The first-order valence-corrected chi connectivity index (χ1v) is 6.00. The largest absolute Gasteiger partial charge is 0.390 e. The molecular formula is C7H12F3NO2S. The summed E-state index contributed by atoms with van der Waals surface area (Å²) in [4.78, 5) is 0. The molecule has 2 N–H and O–H groups in total. The van der Waals surface area contributed by atoms with Gasteiger partial charge >= 0.3 is 6.18 Å². The maximum absolute atomic E-state index is 12.1. The molecule has 1 rings (SSSR count). The summed E-state index contributed by atoms with van der Waals surface area (Å²) in [5.74, 6) is -0.608. The van der Waals surface area contributed by atoms with Gasteiger partial charge in [0.05, 0.1) is 17.9 Å². The monoisotopic (exact) mass is 231 g/mol.